The van der Waals surface area contributed by atoms with E-state index in [4.69, 9.17) is 38.4 Å². The Labute approximate surface area is 370 Å². The van der Waals surface area contributed by atoms with Crippen molar-refractivity contribution in [1.29, 1.82) is 0 Å². The first kappa shape index (κ1) is 46.2. The van der Waals surface area contributed by atoms with Gasteiger partial charge in [0.1, 0.15) is 36.6 Å². The summed E-state index contributed by atoms with van der Waals surface area (Å²) in [5.41, 5.74) is 3.92. The molecule has 7 rings (SSSR count). The molecule has 340 valence electrons. The van der Waals surface area contributed by atoms with Gasteiger partial charge in [-0.3, -0.25) is 0 Å². The van der Waals surface area contributed by atoms with Gasteiger partial charge in [-0.2, -0.15) is 0 Å². The quantitative estimate of drug-likeness (QED) is 0.0573. The summed E-state index contributed by atoms with van der Waals surface area (Å²) in [6.07, 6.45) is 10.2. The normalized spacial score (nSPS) is 25.5. The van der Waals surface area contributed by atoms with Crippen LogP contribution in [0.5, 0.6) is 11.5 Å². The molecule has 2 aliphatic heterocycles. The van der Waals surface area contributed by atoms with Crippen LogP contribution < -0.4 is 9.47 Å². The molecule has 1 unspecified atom stereocenters. The molecule has 63 heavy (non-hydrogen) atoms. The number of hydrogen-bond acceptors (Lipinski definition) is 11. The molecular formula is C50H63FN2O10. The highest BCUT2D eigenvalue weighted by Crippen LogP contribution is 2.62. The summed E-state index contributed by atoms with van der Waals surface area (Å²) in [5.74, 6) is -1.38. The molecule has 0 bridgehead atoms. The van der Waals surface area contributed by atoms with Crippen LogP contribution in [-0.2, 0) is 37.0 Å². The molecule has 0 aromatic heterocycles. The molecule has 3 aromatic rings. The fourth-order valence-corrected chi connectivity index (χ4v) is 9.69. The first-order chi connectivity index (χ1) is 30.9. The molecule has 0 radical (unpaired) electrons. The molecule has 13 heteroatoms. The van der Waals surface area contributed by atoms with Gasteiger partial charge in [-0.1, -0.05) is 78.7 Å². The van der Waals surface area contributed by atoms with Gasteiger partial charge in [0.25, 0.3) is 0 Å². The highest BCUT2D eigenvalue weighted by Gasteiger charge is 2.65. The average Bonchev–Trinajstić information content (AvgIpc) is 3.31. The van der Waals surface area contributed by atoms with E-state index in [9.17, 15) is 19.4 Å². The molecule has 3 aromatic carbocycles. The largest absolute Gasteiger partial charge is 0.489 e. The Balaban J connectivity index is 1.30. The molecule has 2 aliphatic carbocycles. The number of aliphatic hydroxyl groups is 2. The van der Waals surface area contributed by atoms with Crippen molar-refractivity contribution in [2.24, 2.45) is 22.9 Å². The van der Waals surface area contributed by atoms with Crippen molar-refractivity contribution >= 4 is 11.8 Å². The summed E-state index contributed by atoms with van der Waals surface area (Å²) in [5, 5.41) is 24.7. The van der Waals surface area contributed by atoms with E-state index in [1.165, 1.54) is 6.07 Å². The third-order valence-corrected chi connectivity index (χ3v) is 12.7. The van der Waals surface area contributed by atoms with Crippen molar-refractivity contribution in [3.8, 4) is 11.5 Å². The second kappa shape index (κ2) is 22.7. The zero-order chi connectivity index (χ0) is 44.0. The average molecular weight is 871 g/mol. The SMILES string of the molecule is C=CCO[C@@]12Oc3ccc(OCc4ccccc4F)cc3[C@H]3[C@H](CCCCO)[C@@H](CCCCO)C=C(C(=NOC4CCCCO4)C[C@@H]1N(C)C(=O)OCCOCc1ccccc1)[C@H]32. The Bertz CT molecular complexity index is 2010. The van der Waals surface area contributed by atoms with Crippen LogP contribution in [0, 0.1) is 23.6 Å². The number of aliphatic hydroxyl groups excluding tert-OH is 2. The predicted octanol–water partition coefficient (Wildman–Crippen LogP) is 8.85. The van der Waals surface area contributed by atoms with E-state index in [-0.39, 0.29) is 69.6 Å². The van der Waals surface area contributed by atoms with Gasteiger partial charge in [0, 0.05) is 50.1 Å². The zero-order valence-corrected chi connectivity index (χ0v) is 36.4. The second-order valence-corrected chi connectivity index (χ2v) is 16.8. The number of carbonyl (C=O) groups is 1. The van der Waals surface area contributed by atoms with Crippen molar-refractivity contribution in [1.82, 2.24) is 4.90 Å². The number of oxime groups is 1. The van der Waals surface area contributed by atoms with Crippen LogP contribution in [-0.4, -0.2) is 91.7 Å². The van der Waals surface area contributed by atoms with Crippen molar-refractivity contribution in [3.63, 3.8) is 0 Å². The molecule has 0 spiro atoms. The van der Waals surface area contributed by atoms with E-state index >= 15 is 0 Å². The van der Waals surface area contributed by atoms with E-state index in [1.807, 2.05) is 48.5 Å². The Morgan fingerprint density at radius 2 is 1.78 bits per heavy atom. The number of ether oxygens (including phenoxy) is 6. The third-order valence-electron chi connectivity index (χ3n) is 12.7. The predicted molar refractivity (Wildman–Crippen MR) is 236 cm³/mol. The Morgan fingerprint density at radius 1 is 0.984 bits per heavy atom. The molecule has 1 amide bonds. The Hall–Kier alpha value is -4.79. The van der Waals surface area contributed by atoms with Gasteiger partial charge < -0.3 is 48.4 Å². The monoisotopic (exact) mass is 870 g/mol. The van der Waals surface area contributed by atoms with Gasteiger partial charge in [-0.15, -0.1) is 6.58 Å². The number of allylic oxidation sites excluding steroid dienone is 1. The van der Waals surface area contributed by atoms with Crippen molar-refractivity contribution in [2.75, 3.05) is 46.7 Å². The Morgan fingerprint density at radius 3 is 2.54 bits per heavy atom. The number of halogens is 1. The fraction of sp³-hybridized carbons (Fsp3) is 0.520. The third kappa shape index (κ3) is 11.1. The lowest BCUT2D eigenvalue weighted by Crippen LogP contribution is -2.69. The summed E-state index contributed by atoms with van der Waals surface area (Å²) < 4.78 is 52.9. The van der Waals surface area contributed by atoms with Crippen LogP contribution in [0.4, 0.5) is 9.18 Å². The highest BCUT2D eigenvalue weighted by molar-refractivity contribution is 6.03. The number of carbonyl (C=O) groups excluding carboxylic acids is 1. The summed E-state index contributed by atoms with van der Waals surface area (Å²) in [4.78, 5) is 21.9. The summed E-state index contributed by atoms with van der Waals surface area (Å²) in [6, 6.07) is 21.3. The molecule has 1 saturated heterocycles. The molecule has 12 nitrogen and oxygen atoms in total. The maximum atomic E-state index is 14.7. The van der Waals surface area contributed by atoms with Crippen LogP contribution in [0.3, 0.4) is 0 Å². The number of amides is 1. The smallest absolute Gasteiger partial charge is 0.410 e. The van der Waals surface area contributed by atoms with E-state index in [0.29, 0.717) is 55.3 Å². The van der Waals surface area contributed by atoms with Crippen molar-refractivity contribution in [3.05, 3.63) is 120 Å². The van der Waals surface area contributed by atoms with Gasteiger partial charge in [0.15, 0.2) is 0 Å². The molecule has 1 saturated carbocycles. The number of benzene rings is 3. The second-order valence-electron chi connectivity index (χ2n) is 16.8. The van der Waals surface area contributed by atoms with Gasteiger partial charge in [0.05, 0.1) is 38.1 Å². The van der Waals surface area contributed by atoms with Gasteiger partial charge in [-0.25, -0.2) is 9.18 Å². The molecule has 2 N–H and O–H groups in total. The van der Waals surface area contributed by atoms with Crippen molar-refractivity contribution in [2.45, 2.75) is 101 Å². The Kier molecular flexibility index (Phi) is 16.7. The fourth-order valence-electron chi connectivity index (χ4n) is 9.69. The lowest BCUT2D eigenvalue weighted by atomic mass is 9.55. The van der Waals surface area contributed by atoms with Crippen LogP contribution >= 0.6 is 0 Å². The van der Waals surface area contributed by atoms with E-state index in [0.717, 1.165) is 55.2 Å². The van der Waals surface area contributed by atoms with Gasteiger partial charge >= 0.3 is 6.09 Å². The van der Waals surface area contributed by atoms with E-state index in [1.54, 1.807) is 36.2 Å². The summed E-state index contributed by atoms with van der Waals surface area (Å²) >= 11 is 0. The maximum Gasteiger partial charge on any atom is 0.410 e. The summed E-state index contributed by atoms with van der Waals surface area (Å²) in [6.45, 7) is 5.53. The van der Waals surface area contributed by atoms with Crippen molar-refractivity contribution < 1.29 is 52.7 Å². The zero-order valence-electron chi connectivity index (χ0n) is 36.4. The van der Waals surface area contributed by atoms with Gasteiger partial charge in [-0.05, 0) is 85.8 Å². The minimum atomic E-state index is -1.45. The molecule has 4 aliphatic rings. The van der Waals surface area contributed by atoms with E-state index < -0.39 is 30.1 Å². The standard InChI is InChI=1S/C50H63FN2O10/c1-3-26-61-50-45(53(2)49(56)59-29-28-57-33-35-15-5-4-6-16-35)32-43(52-63-46-21-11-14-27-58-46)40-30-36(17-9-12-24-54)39(19-10-13-25-55)47(48(40)50)41-31-38(22-23-44(41)62-50)60-34-37-18-7-8-20-42(37)51/h3-8,15-16,18,20,22-23,30-31,36,39,45-48,54-55H,1,9-14,17,19,21,24-29,32-34H2,2H3/t36-,39+,45-,46?,47+,48+,50+/m0/s1. The van der Waals surface area contributed by atoms with Crippen LogP contribution in [0.25, 0.3) is 0 Å². The molecular weight excluding hydrogens is 808 g/mol. The number of likely N-dealkylation sites (N-methyl/N-ethyl adjacent to an activating group) is 1. The number of nitrogens with zero attached hydrogens (tertiary/aromatic N) is 2. The van der Waals surface area contributed by atoms with Crippen LogP contribution in [0.1, 0.15) is 86.8 Å². The number of hydrogen-bond donors (Lipinski definition) is 2. The maximum absolute atomic E-state index is 14.7. The minimum absolute atomic E-state index is 0.0155. The van der Waals surface area contributed by atoms with Gasteiger partial charge in [0.2, 0.25) is 12.1 Å². The number of fused-ring (bicyclic) bond motifs is 2. The first-order valence-electron chi connectivity index (χ1n) is 22.6. The first-order valence-corrected chi connectivity index (χ1v) is 22.6. The summed E-state index contributed by atoms with van der Waals surface area (Å²) in [7, 11) is 1.70. The molecule has 2 fully saturated rings. The van der Waals surface area contributed by atoms with E-state index in [2.05, 4.69) is 12.7 Å². The van der Waals surface area contributed by atoms with Crippen LogP contribution in [0.15, 0.2) is 102 Å². The lowest BCUT2D eigenvalue weighted by Gasteiger charge is -2.59. The number of rotatable bonds is 22. The lowest BCUT2D eigenvalue weighted by molar-refractivity contribution is -0.254. The minimum Gasteiger partial charge on any atom is -0.489 e. The number of unbranched alkanes of at least 4 members (excludes halogenated alkanes) is 2. The molecule has 2 heterocycles. The topological polar surface area (TPSA) is 138 Å². The van der Waals surface area contributed by atoms with Crippen LogP contribution in [0.2, 0.25) is 0 Å². The molecule has 7 atom stereocenters. The highest BCUT2D eigenvalue weighted by atomic mass is 19.1.